The summed E-state index contributed by atoms with van der Waals surface area (Å²) in [5, 5.41) is 0. The quantitative estimate of drug-likeness (QED) is 0.444. The smallest absolute Gasteiger partial charge is 0.410 e. The number of rotatable bonds is 4. The number of hydrogen-bond donors (Lipinski definition) is 0. The summed E-state index contributed by atoms with van der Waals surface area (Å²) in [6, 6.07) is 10.8. The van der Waals surface area contributed by atoms with Gasteiger partial charge in [-0.3, -0.25) is 14.8 Å². The second-order valence-corrected chi connectivity index (χ2v) is 14.2. The lowest BCUT2D eigenvalue weighted by atomic mass is 9.89. The maximum absolute atomic E-state index is 13.6. The molecule has 2 amide bonds. The molecule has 1 aromatic carbocycles. The van der Waals surface area contributed by atoms with E-state index in [0.29, 0.717) is 19.6 Å². The number of ether oxygens (including phenoxy) is 2. The molecule has 1 saturated heterocycles. The Morgan fingerprint density at radius 2 is 1.60 bits per heavy atom. The Bertz CT molecular complexity index is 1310. The van der Waals surface area contributed by atoms with Crippen LogP contribution >= 0.6 is 0 Å². The van der Waals surface area contributed by atoms with Gasteiger partial charge in [-0.2, -0.15) is 0 Å². The van der Waals surface area contributed by atoms with E-state index >= 15 is 0 Å². The first-order chi connectivity index (χ1) is 20.3. The van der Waals surface area contributed by atoms with Crippen LogP contribution in [0.15, 0.2) is 36.5 Å². The molecule has 2 aliphatic heterocycles. The fraction of sp³-hybridized carbons (Fsp3) is 0.618. The molecule has 1 fully saturated rings. The third-order valence-corrected chi connectivity index (χ3v) is 8.57. The van der Waals surface area contributed by atoms with E-state index < -0.39 is 11.2 Å². The van der Waals surface area contributed by atoms with Crippen molar-refractivity contribution in [2.45, 2.75) is 97.1 Å². The van der Waals surface area contributed by atoms with Crippen LogP contribution in [0.5, 0.6) is 0 Å². The number of carbonyl (C=O) groups excluding carboxylic acids is 2. The molecule has 5 rings (SSSR count). The molecular formula is C34H49N5O4. The summed E-state index contributed by atoms with van der Waals surface area (Å²) in [5.41, 5.74) is 5.05. The highest BCUT2D eigenvalue weighted by atomic mass is 16.6. The highest BCUT2D eigenvalue weighted by Gasteiger charge is 2.37. The van der Waals surface area contributed by atoms with E-state index in [2.05, 4.69) is 41.1 Å². The zero-order chi connectivity index (χ0) is 30.9. The Balaban J connectivity index is 1.37. The van der Waals surface area contributed by atoms with E-state index in [1.165, 1.54) is 22.5 Å². The Morgan fingerprint density at radius 3 is 2.30 bits per heavy atom. The van der Waals surface area contributed by atoms with E-state index in [1.807, 2.05) is 58.7 Å². The lowest BCUT2D eigenvalue weighted by Crippen LogP contribution is -2.52. The molecule has 2 aromatic rings. The first-order valence-electron chi connectivity index (χ1n) is 15.8. The molecule has 1 aliphatic carbocycles. The zero-order valence-electron chi connectivity index (χ0n) is 27.1. The first kappa shape index (κ1) is 31.1. The van der Waals surface area contributed by atoms with E-state index in [0.717, 1.165) is 50.9 Å². The summed E-state index contributed by atoms with van der Waals surface area (Å²) in [5.74, 6) is 0. The van der Waals surface area contributed by atoms with Crippen LogP contribution in [0.2, 0.25) is 0 Å². The molecule has 234 valence electrons. The molecule has 9 heteroatoms. The van der Waals surface area contributed by atoms with Crippen molar-refractivity contribution >= 4 is 17.9 Å². The maximum Gasteiger partial charge on any atom is 0.410 e. The lowest BCUT2D eigenvalue weighted by Gasteiger charge is -2.43. The Morgan fingerprint density at radius 1 is 0.930 bits per heavy atom. The highest BCUT2D eigenvalue weighted by Crippen LogP contribution is 2.36. The number of fused-ring (bicyclic) bond motifs is 2. The molecule has 0 radical (unpaired) electrons. The number of anilines is 1. The van der Waals surface area contributed by atoms with Gasteiger partial charge < -0.3 is 19.3 Å². The van der Waals surface area contributed by atoms with Crippen molar-refractivity contribution in [2.24, 2.45) is 0 Å². The van der Waals surface area contributed by atoms with Crippen molar-refractivity contribution in [1.82, 2.24) is 19.7 Å². The van der Waals surface area contributed by atoms with E-state index in [-0.39, 0.29) is 24.3 Å². The fourth-order valence-corrected chi connectivity index (χ4v) is 6.59. The summed E-state index contributed by atoms with van der Waals surface area (Å²) >= 11 is 0. The van der Waals surface area contributed by atoms with Gasteiger partial charge in [-0.1, -0.05) is 18.2 Å². The van der Waals surface area contributed by atoms with E-state index in [4.69, 9.17) is 14.5 Å². The number of benzene rings is 1. The van der Waals surface area contributed by atoms with Crippen LogP contribution in [-0.2, 0) is 28.9 Å². The van der Waals surface area contributed by atoms with Gasteiger partial charge in [0, 0.05) is 51.2 Å². The van der Waals surface area contributed by atoms with Crippen LogP contribution in [0, 0.1) is 0 Å². The number of aryl methyl sites for hydroxylation is 1. The van der Waals surface area contributed by atoms with Crippen LogP contribution in [0.25, 0.3) is 0 Å². The summed E-state index contributed by atoms with van der Waals surface area (Å²) < 4.78 is 11.5. The minimum Gasteiger partial charge on any atom is -0.444 e. The van der Waals surface area contributed by atoms with Gasteiger partial charge in [0.15, 0.2) is 0 Å². The summed E-state index contributed by atoms with van der Waals surface area (Å²) in [4.78, 5) is 39.5. The summed E-state index contributed by atoms with van der Waals surface area (Å²) in [6.45, 7) is 15.4. The van der Waals surface area contributed by atoms with Crippen LogP contribution < -0.4 is 4.90 Å². The van der Waals surface area contributed by atoms with Gasteiger partial charge in [0.05, 0.1) is 17.8 Å². The van der Waals surface area contributed by atoms with Crippen LogP contribution in [-0.4, -0.2) is 88.9 Å². The van der Waals surface area contributed by atoms with Crippen molar-refractivity contribution in [2.75, 3.05) is 44.7 Å². The van der Waals surface area contributed by atoms with Crippen molar-refractivity contribution in [1.29, 1.82) is 0 Å². The Labute approximate surface area is 257 Å². The largest absolute Gasteiger partial charge is 0.444 e. The van der Waals surface area contributed by atoms with Gasteiger partial charge >= 0.3 is 12.2 Å². The SMILES string of the molecule is CN(C[C@@H]1Cc2c(cccc2N2CCN(C(=O)OC(C)(C)C)CC2)CN1C(=O)OC(C)(C)C)[C@H]1CCCc2cccnc21. The van der Waals surface area contributed by atoms with Crippen molar-refractivity contribution in [3.63, 3.8) is 0 Å². The second-order valence-electron chi connectivity index (χ2n) is 14.2. The first-order valence-corrected chi connectivity index (χ1v) is 15.8. The summed E-state index contributed by atoms with van der Waals surface area (Å²) in [6.07, 6.45) is 5.37. The van der Waals surface area contributed by atoms with Crippen molar-refractivity contribution in [3.05, 3.63) is 58.9 Å². The Hall–Kier alpha value is -3.33. The predicted octanol–water partition coefficient (Wildman–Crippen LogP) is 5.81. The van der Waals surface area contributed by atoms with Gasteiger partial charge in [-0.25, -0.2) is 9.59 Å². The van der Waals surface area contributed by atoms with E-state index in [1.54, 1.807) is 4.90 Å². The minimum atomic E-state index is -0.574. The van der Waals surface area contributed by atoms with Crippen molar-refractivity contribution in [3.8, 4) is 0 Å². The van der Waals surface area contributed by atoms with Gasteiger partial charge in [0.1, 0.15) is 11.2 Å². The van der Waals surface area contributed by atoms with Crippen LogP contribution in [0.1, 0.15) is 82.8 Å². The normalized spacial score (nSPS) is 20.9. The van der Waals surface area contributed by atoms with Gasteiger partial charge in [0.25, 0.3) is 0 Å². The van der Waals surface area contributed by atoms with Crippen LogP contribution in [0.4, 0.5) is 15.3 Å². The molecule has 9 nitrogen and oxygen atoms in total. The molecule has 2 atom stereocenters. The predicted molar refractivity (Wildman–Crippen MR) is 168 cm³/mol. The highest BCUT2D eigenvalue weighted by molar-refractivity contribution is 5.71. The zero-order valence-corrected chi connectivity index (χ0v) is 27.1. The molecule has 0 saturated carbocycles. The van der Waals surface area contributed by atoms with E-state index in [9.17, 15) is 9.59 Å². The third kappa shape index (κ3) is 7.43. The molecule has 0 bridgehead atoms. The van der Waals surface area contributed by atoms with Crippen molar-refractivity contribution < 1.29 is 19.1 Å². The number of pyridine rings is 1. The van der Waals surface area contributed by atoms with Crippen LogP contribution in [0.3, 0.4) is 0 Å². The fourth-order valence-electron chi connectivity index (χ4n) is 6.59. The number of aromatic nitrogens is 1. The number of nitrogens with zero attached hydrogens (tertiary/aromatic N) is 5. The summed E-state index contributed by atoms with van der Waals surface area (Å²) in [7, 11) is 2.17. The Kier molecular flexibility index (Phi) is 8.93. The standard InChI is InChI=1S/C34H49N5O4/c1-33(2,3)42-31(40)38-19-17-37(18-20-38)28-14-9-12-25-22-39(32(41)43-34(4,5)6)26(21-27(25)28)23-36(7)29-15-8-11-24-13-10-16-35-30(24)29/h9-10,12-14,16,26,29H,8,11,15,17-23H2,1-7H3/t26-,29-/m0/s1. The van der Waals surface area contributed by atoms with Gasteiger partial charge in [0.2, 0.25) is 0 Å². The molecule has 0 N–H and O–H groups in total. The molecule has 0 unspecified atom stereocenters. The molecular weight excluding hydrogens is 542 g/mol. The number of carbonyl (C=O) groups is 2. The topological polar surface area (TPSA) is 78.5 Å². The van der Waals surface area contributed by atoms with Gasteiger partial charge in [-0.05, 0) is 103 Å². The number of piperazine rings is 1. The molecule has 1 aromatic heterocycles. The number of likely N-dealkylation sites (N-methyl/N-ethyl adjacent to an activating group) is 1. The lowest BCUT2D eigenvalue weighted by molar-refractivity contribution is 0.00644. The average Bonchev–Trinajstić information content (AvgIpc) is 2.94. The minimum absolute atomic E-state index is 0.0503. The van der Waals surface area contributed by atoms with Gasteiger partial charge in [-0.15, -0.1) is 0 Å². The molecule has 3 aliphatic rings. The second kappa shape index (κ2) is 12.3. The molecule has 3 heterocycles. The molecule has 0 spiro atoms. The third-order valence-electron chi connectivity index (χ3n) is 8.57. The number of amides is 2. The number of hydrogen-bond acceptors (Lipinski definition) is 7. The maximum atomic E-state index is 13.6. The average molecular weight is 592 g/mol. The monoisotopic (exact) mass is 591 g/mol. The molecule has 43 heavy (non-hydrogen) atoms.